The van der Waals surface area contributed by atoms with Crippen molar-refractivity contribution in [1.29, 1.82) is 0 Å². The lowest BCUT2D eigenvalue weighted by Gasteiger charge is -2.29. The van der Waals surface area contributed by atoms with E-state index < -0.39 is 17.7 Å². The van der Waals surface area contributed by atoms with Crippen LogP contribution < -0.4 is 4.74 Å². The molecule has 2 aromatic carbocycles. The number of morpholine rings is 1. The number of carbonyl (C=O) groups is 2. The summed E-state index contributed by atoms with van der Waals surface area (Å²) < 4.78 is 11.2. The maximum Gasteiger partial charge on any atom is 0.295 e. The number of Topliss-reactive ketones (excluding diaryl/α,β-unsaturated/α-hetero) is 1. The molecule has 0 spiro atoms. The molecular weight excluding hydrogens is 468 g/mol. The predicted octanol–water partition coefficient (Wildman–Crippen LogP) is 4.74. The van der Waals surface area contributed by atoms with Crippen LogP contribution in [0.5, 0.6) is 5.75 Å². The second kappa shape index (κ2) is 12.4. The molecule has 0 bridgehead atoms. The highest BCUT2D eigenvalue weighted by molar-refractivity contribution is 6.46. The molecule has 2 heterocycles. The van der Waals surface area contributed by atoms with Gasteiger partial charge >= 0.3 is 0 Å². The Kier molecular flexibility index (Phi) is 9.00. The number of hydrogen-bond acceptors (Lipinski definition) is 6. The number of ketones is 1. The van der Waals surface area contributed by atoms with E-state index >= 15 is 0 Å². The third-order valence-electron chi connectivity index (χ3n) is 7.02. The molecule has 2 aliphatic heterocycles. The van der Waals surface area contributed by atoms with E-state index in [1.54, 1.807) is 23.1 Å². The second-order valence-corrected chi connectivity index (χ2v) is 10.00. The smallest absolute Gasteiger partial charge is 0.295 e. The third kappa shape index (κ3) is 6.22. The van der Waals surface area contributed by atoms with Gasteiger partial charge in [-0.05, 0) is 42.0 Å². The lowest BCUT2D eigenvalue weighted by molar-refractivity contribution is -0.140. The fourth-order valence-electron chi connectivity index (χ4n) is 4.92. The Morgan fingerprint density at radius 3 is 2.49 bits per heavy atom. The van der Waals surface area contributed by atoms with Gasteiger partial charge in [0, 0.05) is 31.7 Å². The standard InChI is InChI=1S/C30H38N2O5/c1-4-17-37-25-8-5-7-24(20-25)28(33)26-27(23-11-9-22(10-12-23)21(2)3)32(30(35)29(26)34)14-6-13-31-15-18-36-19-16-31/h5,7-12,20-21,27,33H,4,6,13-19H2,1-3H3. The van der Waals surface area contributed by atoms with Crippen molar-refractivity contribution in [3.63, 3.8) is 0 Å². The maximum atomic E-state index is 13.3. The van der Waals surface area contributed by atoms with Crippen molar-refractivity contribution in [3.8, 4) is 5.75 Å². The average Bonchev–Trinajstić information content (AvgIpc) is 3.17. The van der Waals surface area contributed by atoms with Gasteiger partial charge in [-0.3, -0.25) is 14.5 Å². The Labute approximate surface area is 219 Å². The van der Waals surface area contributed by atoms with Crippen LogP contribution in [0.15, 0.2) is 54.1 Å². The Bertz CT molecular complexity index is 1120. The number of aliphatic hydroxyl groups is 1. The molecule has 4 rings (SSSR count). The van der Waals surface area contributed by atoms with Gasteiger partial charge in [-0.25, -0.2) is 0 Å². The molecule has 198 valence electrons. The molecule has 37 heavy (non-hydrogen) atoms. The first-order chi connectivity index (χ1) is 17.9. The summed E-state index contributed by atoms with van der Waals surface area (Å²) in [5, 5.41) is 11.4. The van der Waals surface area contributed by atoms with Crippen LogP contribution in [0.2, 0.25) is 0 Å². The number of rotatable bonds is 10. The molecule has 0 aliphatic carbocycles. The quantitative estimate of drug-likeness (QED) is 0.285. The number of benzene rings is 2. The van der Waals surface area contributed by atoms with Gasteiger partial charge in [-0.15, -0.1) is 0 Å². The van der Waals surface area contributed by atoms with Crippen LogP contribution in [0.1, 0.15) is 62.3 Å². The highest BCUT2D eigenvalue weighted by Crippen LogP contribution is 2.40. The molecule has 7 heteroatoms. The number of hydrogen-bond donors (Lipinski definition) is 1. The minimum Gasteiger partial charge on any atom is -0.507 e. The molecule has 1 N–H and O–H groups in total. The van der Waals surface area contributed by atoms with Crippen LogP contribution in [0.3, 0.4) is 0 Å². The number of aliphatic hydroxyl groups excluding tert-OH is 1. The zero-order valence-corrected chi connectivity index (χ0v) is 22.1. The van der Waals surface area contributed by atoms with Crippen LogP contribution in [0.25, 0.3) is 5.76 Å². The SMILES string of the molecule is CCCOc1cccc(C(O)=C2C(=O)C(=O)N(CCCN3CCOCC3)C2c2ccc(C(C)C)cc2)c1. The average molecular weight is 507 g/mol. The van der Waals surface area contributed by atoms with E-state index in [0.717, 1.165) is 38.0 Å². The number of amides is 1. The largest absolute Gasteiger partial charge is 0.507 e. The molecular formula is C30H38N2O5. The van der Waals surface area contributed by atoms with Crippen molar-refractivity contribution in [3.05, 3.63) is 70.8 Å². The Balaban J connectivity index is 1.67. The molecule has 1 atom stereocenters. The van der Waals surface area contributed by atoms with Crippen molar-refractivity contribution in [2.75, 3.05) is 46.0 Å². The van der Waals surface area contributed by atoms with Gasteiger partial charge in [0.05, 0.1) is 31.4 Å². The van der Waals surface area contributed by atoms with Crippen molar-refractivity contribution in [1.82, 2.24) is 9.80 Å². The fourth-order valence-corrected chi connectivity index (χ4v) is 4.92. The highest BCUT2D eigenvalue weighted by atomic mass is 16.5. The molecule has 2 fully saturated rings. The van der Waals surface area contributed by atoms with Crippen LogP contribution in [-0.2, 0) is 14.3 Å². The van der Waals surface area contributed by atoms with E-state index in [9.17, 15) is 14.7 Å². The van der Waals surface area contributed by atoms with Crippen LogP contribution in [-0.4, -0.2) is 72.6 Å². The fraction of sp³-hybridized carbons (Fsp3) is 0.467. The van der Waals surface area contributed by atoms with Gasteiger partial charge in [0.1, 0.15) is 11.5 Å². The Morgan fingerprint density at radius 1 is 1.08 bits per heavy atom. The monoisotopic (exact) mass is 506 g/mol. The molecule has 0 radical (unpaired) electrons. The number of ether oxygens (including phenoxy) is 2. The van der Waals surface area contributed by atoms with E-state index in [2.05, 4.69) is 18.7 Å². The molecule has 2 aromatic rings. The van der Waals surface area contributed by atoms with E-state index in [1.807, 2.05) is 37.3 Å². The topological polar surface area (TPSA) is 79.3 Å². The summed E-state index contributed by atoms with van der Waals surface area (Å²) in [6.07, 6.45) is 1.59. The first-order valence-electron chi connectivity index (χ1n) is 13.3. The lowest BCUT2D eigenvalue weighted by Crippen LogP contribution is -2.38. The van der Waals surface area contributed by atoms with Crippen LogP contribution >= 0.6 is 0 Å². The molecule has 2 aliphatic rings. The Morgan fingerprint density at radius 2 is 1.81 bits per heavy atom. The van der Waals surface area contributed by atoms with Gasteiger partial charge < -0.3 is 19.5 Å². The summed E-state index contributed by atoms with van der Waals surface area (Å²) in [4.78, 5) is 30.6. The van der Waals surface area contributed by atoms with Crippen molar-refractivity contribution < 1.29 is 24.2 Å². The van der Waals surface area contributed by atoms with E-state index in [1.165, 1.54) is 5.56 Å². The second-order valence-electron chi connectivity index (χ2n) is 10.00. The summed E-state index contributed by atoms with van der Waals surface area (Å²) in [5.74, 6) is -0.418. The zero-order valence-electron chi connectivity index (χ0n) is 22.1. The summed E-state index contributed by atoms with van der Waals surface area (Å²) in [6.45, 7) is 11.2. The molecule has 0 saturated carbocycles. The van der Waals surface area contributed by atoms with Crippen LogP contribution in [0, 0.1) is 0 Å². The predicted molar refractivity (Wildman–Crippen MR) is 144 cm³/mol. The van der Waals surface area contributed by atoms with Gasteiger partial charge in [-0.1, -0.05) is 57.2 Å². The van der Waals surface area contributed by atoms with Crippen molar-refractivity contribution in [2.45, 2.75) is 45.6 Å². The minimum atomic E-state index is -0.651. The van der Waals surface area contributed by atoms with E-state index in [0.29, 0.717) is 43.6 Å². The maximum absolute atomic E-state index is 13.3. The number of carbonyl (C=O) groups excluding carboxylic acids is 2. The summed E-state index contributed by atoms with van der Waals surface area (Å²) >= 11 is 0. The summed E-state index contributed by atoms with van der Waals surface area (Å²) in [5.41, 5.74) is 2.58. The van der Waals surface area contributed by atoms with Gasteiger partial charge in [0.25, 0.3) is 11.7 Å². The molecule has 1 unspecified atom stereocenters. The number of nitrogens with zero attached hydrogens (tertiary/aromatic N) is 2. The van der Waals surface area contributed by atoms with Gasteiger partial charge in [0.2, 0.25) is 0 Å². The van der Waals surface area contributed by atoms with Crippen LogP contribution in [0.4, 0.5) is 0 Å². The first-order valence-corrected chi connectivity index (χ1v) is 13.3. The van der Waals surface area contributed by atoms with E-state index in [-0.39, 0.29) is 11.3 Å². The minimum absolute atomic E-state index is 0.126. The molecule has 1 amide bonds. The third-order valence-corrected chi connectivity index (χ3v) is 7.02. The number of likely N-dealkylation sites (tertiary alicyclic amines) is 1. The molecule has 0 aromatic heterocycles. The highest BCUT2D eigenvalue weighted by Gasteiger charge is 2.45. The lowest BCUT2D eigenvalue weighted by atomic mass is 9.93. The Hall–Kier alpha value is -3.16. The van der Waals surface area contributed by atoms with Gasteiger partial charge in [-0.2, -0.15) is 0 Å². The zero-order chi connectivity index (χ0) is 26.4. The first kappa shape index (κ1) is 26.9. The molecule has 2 saturated heterocycles. The van der Waals surface area contributed by atoms with Gasteiger partial charge in [0.15, 0.2) is 0 Å². The normalized spacial score (nSPS) is 20.1. The van der Waals surface area contributed by atoms with Crippen molar-refractivity contribution >= 4 is 17.4 Å². The van der Waals surface area contributed by atoms with Crippen molar-refractivity contribution in [2.24, 2.45) is 0 Å². The molecule has 7 nitrogen and oxygen atoms in total. The summed E-state index contributed by atoms with van der Waals surface area (Å²) in [7, 11) is 0. The van der Waals surface area contributed by atoms with E-state index in [4.69, 9.17) is 9.47 Å². The summed E-state index contributed by atoms with van der Waals surface area (Å²) in [6, 6.07) is 14.4.